The molecule has 0 radical (unpaired) electrons. The highest BCUT2D eigenvalue weighted by Gasteiger charge is 2.03. The van der Waals surface area contributed by atoms with Gasteiger partial charge in [0.2, 0.25) is 0 Å². The monoisotopic (exact) mass is 276 g/mol. The first-order valence-electron chi connectivity index (χ1n) is 4.80. The van der Waals surface area contributed by atoms with E-state index in [9.17, 15) is 4.79 Å². The number of terminal acetylenes is 1. The fourth-order valence-electron chi connectivity index (χ4n) is 1.48. The van der Waals surface area contributed by atoms with Gasteiger partial charge in [-0.05, 0) is 18.2 Å². The first-order chi connectivity index (χ1) is 7.72. The maximum atomic E-state index is 12.0. The van der Waals surface area contributed by atoms with Gasteiger partial charge in [-0.2, -0.15) is 0 Å². The molecule has 0 spiro atoms. The van der Waals surface area contributed by atoms with E-state index in [2.05, 4.69) is 26.8 Å². The van der Waals surface area contributed by atoms with Crippen LogP contribution in [0.15, 0.2) is 33.8 Å². The van der Waals surface area contributed by atoms with Gasteiger partial charge in [0, 0.05) is 17.4 Å². The van der Waals surface area contributed by atoms with E-state index in [1.165, 1.54) is 10.9 Å². The van der Waals surface area contributed by atoms with E-state index in [1.807, 2.05) is 12.1 Å². The molecule has 16 heavy (non-hydrogen) atoms. The third-order valence-corrected chi connectivity index (χ3v) is 2.78. The summed E-state index contributed by atoms with van der Waals surface area (Å²) in [7, 11) is 0. The Morgan fingerprint density at radius 1 is 1.50 bits per heavy atom. The molecule has 0 saturated heterocycles. The summed E-state index contributed by atoms with van der Waals surface area (Å²) in [5.74, 6) is 2.51. The Bertz CT molecular complexity index is 625. The molecule has 4 heteroatoms. The molecule has 1 heterocycles. The SMILES string of the molecule is C#CCCn1cnc2cc(Br)ccc2c1=O. The van der Waals surface area contributed by atoms with Crippen molar-refractivity contribution in [3.05, 3.63) is 39.4 Å². The van der Waals surface area contributed by atoms with Crippen LogP contribution in [0.3, 0.4) is 0 Å². The predicted molar refractivity (Wildman–Crippen MR) is 67.2 cm³/mol. The lowest BCUT2D eigenvalue weighted by atomic mass is 10.2. The van der Waals surface area contributed by atoms with Crippen LogP contribution in [0.1, 0.15) is 6.42 Å². The number of fused-ring (bicyclic) bond motifs is 1. The van der Waals surface area contributed by atoms with Crippen LogP contribution in [0.2, 0.25) is 0 Å². The van der Waals surface area contributed by atoms with Crippen molar-refractivity contribution in [2.75, 3.05) is 0 Å². The first-order valence-corrected chi connectivity index (χ1v) is 5.60. The molecule has 0 N–H and O–H groups in total. The molecule has 0 atom stereocenters. The summed E-state index contributed by atoms with van der Waals surface area (Å²) in [5, 5.41) is 0.614. The maximum Gasteiger partial charge on any atom is 0.261 e. The van der Waals surface area contributed by atoms with E-state index >= 15 is 0 Å². The molecule has 2 aromatic rings. The fourth-order valence-corrected chi connectivity index (χ4v) is 1.82. The van der Waals surface area contributed by atoms with Gasteiger partial charge in [0.05, 0.1) is 17.2 Å². The van der Waals surface area contributed by atoms with E-state index < -0.39 is 0 Å². The van der Waals surface area contributed by atoms with Crippen LogP contribution in [0.4, 0.5) is 0 Å². The lowest BCUT2D eigenvalue weighted by Gasteiger charge is -2.04. The standard InChI is InChI=1S/C12H9BrN2O/c1-2-3-6-15-8-14-11-7-9(13)4-5-10(11)12(15)16/h1,4-5,7-8H,3,6H2. The number of hydrogen-bond donors (Lipinski definition) is 0. The van der Waals surface area contributed by atoms with Crippen LogP contribution in [0.5, 0.6) is 0 Å². The summed E-state index contributed by atoms with van der Waals surface area (Å²) in [5.41, 5.74) is 0.643. The average Bonchev–Trinajstić information content (AvgIpc) is 2.28. The van der Waals surface area contributed by atoms with Gasteiger partial charge in [-0.3, -0.25) is 9.36 Å². The predicted octanol–water partition coefficient (Wildman–Crippen LogP) is 2.18. The summed E-state index contributed by atoms with van der Waals surface area (Å²) in [6, 6.07) is 5.42. The lowest BCUT2D eigenvalue weighted by Crippen LogP contribution is -2.20. The minimum atomic E-state index is -0.0484. The third kappa shape index (κ3) is 2.00. The Kier molecular flexibility index (Phi) is 3.07. The van der Waals surface area contributed by atoms with Crippen LogP contribution < -0.4 is 5.56 Å². The van der Waals surface area contributed by atoms with E-state index in [0.717, 1.165) is 4.47 Å². The molecule has 3 nitrogen and oxygen atoms in total. The molecule has 0 aliphatic heterocycles. The van der Waals surface area contributed by atoms with Crippen molar-refractivity contribution in [3.8, 4) is 12.3 Å². The van der Waals surface area contributed by atoms with Gasteiger partial charge in [0.1, 0.15) is 0 Å². The zero-order valence-electron chi connectivity index (χ0n) is 8.48. The number of aryl methyl sites for hydroxylation is 1. The van der Waals surface area contributed by atoms with Gasteiger partial charge in [-0.15, -0.1) is 12.3 Å². The number of rotatable bonds is 2. The lowest BCUT2D eigenvalue weighted by molar-refractivity contribution is 0.681. The number of nitrogens with zero attached hydrogens (tertiary/aromatic N) is 2. The molecule has 0 fully saturated rings. The quantitative estimate of drug-likeness (QED) is 0.789. The highest BCUT2D eigenvalue weighted by Crippen LogP contribution is 2.14. The molecular formula is C12H9BrN2O. The topological polar surface area (TPSA) is 34.9 Å². The second-order valence-electron chi connectivity index (χ2n) is 3.36. The van der Waals surface area contributed by atoms with Crippen LogP contribution in [0.25, 0.3) is 10.9 Å². The van der Waals surface area contributed by atoms with Crippen molar-refractivity contribution in [3.63, 3.8) is 0 Å². The van der Waals surface area contributed by atoms with Crippen LogP contribution in [-0.2, 0) is 6.54 Å². The van der Waals surface area contributed by atoms with Crippen molar-refractivity contribution in [2.24, 2.45) is 0 Å². The van der Waals surface area contributed by atoms with E-state index in [1.54, 1.807) is 6.07 Å². The van der Waals surface area contributed by atoms with Gasteiger partial charge >= 0.3 is 0 Å². The summed E-state index contributed by atoms with van der Waals surface area (Å²) in [6.45, 7) is 0.508. The highest BCUT2D eigenvalue weighted by atomic mass is 79.9. The van der Waals surface area contributed by atoms with Crippen molar-refractivity contribution < 1.29 is 0 Å². The average molecular weight is 277 g/mol. The summed E-state index contributed by atoms with van der Waals surface area (Å²) in [4.78, 5) is 16.2. The van der Waals surface area contributed by atoms with Crippen molar-refractivity contribution in [2.45, 2.75) is 13.0 Å². The Hall–Kier alpha value is -1.60. The van der Waals surface area contributed by atoms with Crippen LogP contribution in [-0.4, -0.2) is 9.55 Å². The summed E-state index contributed by atoms with van der Waals surface area (Å²) < 4.78 is 2.45. The third-order valence-electron chi connectivity index (χ3n) is 2.28. The Balaban J connectivity index is 2.58. The zero-order chi connectivity index (χ0) is 11.5. The van der Waals surface area contributed by atoms with Crippen molar-refractivity contribution in [1.82, 2.24) is 9.55 Å². The molecule has 0 aliphatic rings. The molecule has 1 aromatic heterocycles. The largest absolute Gasteiger partial charge is 0.298 e. The Morgan fingerprint density at radius 3 is 3.06 bits per heavy atom. The maximum absolute atomic E-state index is 12.0. The Morgan fingerprint density at radius 2 is 2.31 bits per heavy atom. The number of aromatic nitrogens is 2. The van der Waals surface area contributed by atoms with Crippen LogP contribution in [0, 0.1) is 12.3 Å². The number of benzene rings is 1. The first kappa shape index (κ1) is 10.9. The van der Waals surface area contributed by atoms with Crippen molar-refractivity contribution >= 4 is 26.8 Å². The van der Waals surface area contributed by atoms with Crippen molar-refractivity contribution in [1.29, 1.82) is 0 Å². The summed E-state index contributed by atoms with van der Waals surface area (Å²) >= 11 is 3.34. The van der Waals surface area contributed by atoms with Gasteiger partial charge in [0.15, 0.2) is 0 Å². The van der Waals surface area contributed by atoms with Gasteiger partial charge in [-0.1, -0.05) is 15.9 Å². The van der Waals surface area contributed by atoms with E-state index in [-0.39, 0.29) is 5.56 Å². The molecular weight excluding hydrogens is 268 g/mol. The number of halogens is 1. The molecule has 0 unspecified atom stereocenters. The van der Waals surface area contributed by atoms with Crippen LogP contribution >= 0.6 is 15.9 Å². The van der Waals surface area contributed by atoms with Gasteiger partial charge < -0.3 is 0 Å². The Labute approximate surface area is 101 Å². The molecule has 0 saturated carbocycles. The molecule has 80 valence electrons. The second kappa shape index (κ2) is 4.50. The minimum absolute atomic E-state index is 0.0484. The molecule has 0 amide bonds. The number of hydrogen-bond acceptors (Lipinski definition) is 2. The van der Waals surface area contributed by atoms with Gasteiger partial charge in [0.25, 0.3) is 5.56 Å². The summed E-state index contributed by atoms with van der Waals surface area (Å²) in [6.07, 6.45) is 7.23. The molecule has 1 aromatic carbocycles. The normalized spacial score (nSPS) is 10.2. The zero-order valence-corrected chi connectivity index (χ0v) is 10.1. The van der Waals surface area contributed by atoms with Gasteiger partial charge in [-0.25, -0.2) is 4.98 Å². The molecule has 2 rings (SSSR count). The minimum Gasteiger partial charge on any atom is -0.298 e. The molecule has 0 aliphatic carbocycles. The highest BCUT2D eigenvalue weighted by molar-refractivity contribution is 9.10. The molecule has 0 bridgehead atoms. The van der Waals surface area contributed by atoms with E-state index in [0.29, 0.717) is 23.9 Å². The van der Waals surface area contributed by atoms with E-state index in [4.69, 9.17) is 6.42 Å². The second-order valence-corrected chi connectivity index (χ2v) is 4.27. The fraction of sp³-hybridized carbons (Fsp3) is 0.167. The smallest absolute Gasteiger partial charge is 0.261 e.